The van der Waals surface area contributed by atoms with Crippen molar-refractivity contribution in [3.05, 3.63) is 59.3 Å². The van der Waals surface area contributed by atoms with Crippen LogP contribution in [0.1, 0.15) is 30.1 Å². The van der Waals surface area contributed by atoms with E-state index in [9.17, 15) is 0 Å². The molecule has 0 amide bonds. The predicted octanol–water partition coefficient (Wildman–Crippen LogP) is 4.18. The van der Waals surface area contributed by atoms with Crippen LogP contribution in [-0.2, 0) is 13.1 Å². The molecule has 1 fully saturated rings. The minimum atomic E-state index is 0.771. The molecule has 27 heavy (non-hydrogen) atoms. The molecule has 5 nitrogen and oxygen atoms in total. The fraction of sp³-hybridized carbons (Fsp3) is 0.476. The van der Waals surface area contributed by atoms with Gasteiger partial charge in [0.2, 0.25) is 0 Å². The van der Waals surface area contributed by atoms with E-state index in [1.165, 1.54) is 18.5 Å². The fourth-order valence-electron chi connectivity index (χ4n) is 3.97. The first kappa shape index (κ1) is 18.5. The molecule has 144 valence electrons. The zero-order valence-electron chi connectivity index (χ0n) is 16.2. The van der Waals surface area contributed by atoms with Crippen LogP contribution in [0.15, 0.2) is 46.5 Å². The topological polar surface area (TPSA) is 37.4 Å². The Kier molecular flexibility index (Phi) is 5.76. The van der Waals surface area contributed by atoms with Gasteiger partial charge >= 0.3 is 0 Å². The van der Waals surface area contributed by atoms with E-state index < -0.39 is 0 Å². The summed E-state index contributed by atoms with van der Waals surface area (Å²) in [6.45, 7) is 7.38. The van der Waals surface area contributed by atoms with E-state index in [4.69, 9.17) is 4.42 Å². The molecule has 3 aromatic rings. The highest BCUT2D eigenvalue weighted by Crippen LogP contribution is 2.22. The second-order valence-corrected chi connectivity index (χ2v) is 8.49. The van der Waals surface area contributed by atoms with Gasteiger partial charge < -0.3 is 9.32 Å². The molecule has 0 aromatic carbocycles. The Morgan fingerprint density at radius 2 is 2.11 bits per heavy atom. The molecule has 1 aliphatic heterocycles. The molecular formula is C21H28N4OS. The van der Waals surface area contributed by atoms with Gasteiger partial charge in [-0.3, -0.25) is 9.47 Å². The van der Waals surface area contributed by atoms with E-state index >= 15 is 0 Å². The molecule has 0 spiro atoms. The molecule has 0 aliphatic carbocycles. The molecule has 0 bridgehead atoms. The number of likely N-dealkylation sites (tertiary alicyclic amines) is 1. The average Bonchev–Trinajstić information content (AvgIpc) is 3.39. The summed E-state index contributed by atoms with van der Waals surface area (Å²) in [5.74, 6) is 2.86. The van der Waals surface area contributed by atoms with Crippen molar-refractivity contribution in [1.82, 2.24) is 19.4 Å². The Labute approximate surface area is 165 Å². The van der Waals surface area contributed by atoms with Crippen LogP contribution < -0.4 is 0 Å². The number of aromatic nitrogens is 2. The van der Waals surface area contributed by atoms with Crippen LogP contribution in [0, 0.1) is 12.8 Å². The third-order valence-electron chi connectivity index (χ3n) is 5.34. The molecule has 1 aliphatic rings. The Bertz CT molecular complexity index is 830. The van der Waals surface area contributed by atoms with E-state index in [0.717, 1.165) is 55.3 Å². The largest absolute Gasteiger partial charge is 0.465 e. The lowest BCUT2D eigenvalue weighted by atomic mass is 9.96. The van der Waals surface area contributed by atoms with Gasteiger partial charge in [-0.15, -0.1) is 11.3 Å². The van der Waals surface area contributed by atoms with E-state index in [1.807, 2.05) is 18.5 Å². The normalized spacial score (nSPS) is 16.4. The van der Waals surface area contributed by atoms with Crippen LogP contribution in [0.3, 0.4) is 0 Å². The fourth-order valence-corrected chi connectivity index (χ4v) is 4.62. The highest BCUT2D eigenvalue weighted by atomic mass is 32.1. The third kappa shape index (κ3) is 4.69. The van der Waals surface area contributed by atoms with Gasteiger partial charge in [-0.05, 0) is 70.1 Å². The lowest BCUT2D eigenvalue weighted by molar-refractivity contribution is 0.139. The third-order valence-corrected chi connectivity index (χ3v) is 6.11. The van der Waals surface area contributed by atoms with Gasteiger partial charge in [0.1, 0.15) is 11.5 Å². The Morgan fingerprint density at radius 3 is 2.81 bits per heavy atom. The van der Waals surface area contributed by atoms with Crippen molar-refractivity contribution in [3.63, 3.8) is 0 Å². The quantitative estimate of drug-likeness (QED) is 0.612. The lowest BCUT2D eigenvalue weighted by Gasteiger charge is -2.33. The maximum Gasteiger partial charge on any atom is 0.193 e. The van der Waals surface area contributed by atoms with Gasteiger partial charge in [0, 0.05) is 36.6 Å². The summed E-state index contributed by atoms with van der Waals surface area (Å²) < 4.78 is 7.93. The highest BCUT2D eigenvalue weighted by Gasteiger charge is 2.21. The van der Waals surface area contributed by atoms with Crippen molar-refractivity contribution in [1.29, 1.82) is 0 Å². The maximum absolute atomic E-state index is 5.72. The maximum atomic E-state index is 5.72. The molecule has 3 aromatic heterocycles. The van der Waals surface area contributed by atoms with Crippen molar-refractivity contribution in [2.75, 3.05) is 26.7 Å². The number of hydrogen-bond donors (Lipinski definition) is 0. The average molecular weight is 385 g/mol. The summed E-state index contributed by atoms with van der Waals surface area (Å²) in [5, 5.41) is 3.07. The molecule has 0 unspecified atom stereocenters. The van der Waals surface area contributed by atoms with Gasteiger partial charge in [-0.25, -0.2) is 4.98 Å². The SMILES string of the molecule is Cc1ccc(CN2CCC(CN(C)Cc3cccn3-c3nccs3)CC2)o1. The first-order valence-electron chi connectivity index (χ1n) is 9.69. The molecule has 0 atom stereocenters. The number of hydrogen-bond acceptors (Lipinski definition) is 5. The Hall–Kier alpha value is -1.89. The predicted molar refractivity (Wildman–Crippen MR) is 109 cm³/mol. The molecule has 0 radical (unpaired) electrons. The second kappa shape index (κ2) is 8.42. The summed E-state index contributed by atoms with van der Waals surface area (Å²) in [7, 11) is 2.23. The van der Waals surface area contributed by atoms with E-state index in [0.29, 0.717) is 0 Å². The zero-order chi connectivity index (χ0) is 18.6. The van der Waals surface area contributed by atoms with Crippen molar-refractivity contribution < 1.29 is 4.42 Å². The smallest absolute Gasteiger partial charge is 0.193 e. The monoisotopic (exact) mass is 384 g/mol. The standard InChI is InChI=1S/C21H28N4OS/c1-17-5-6-20(26-17)16-24-11-7-18(8-12-24)14-23(2)15-19-4-3-10-25(19)21-22-9-13-27-21/h3-6,9-10,13,18H,7-8,11-12,14-16H2,1-2H3. The van der Waals surface area contributed by atoms with Gasteiger partial charge in [0.15, 0.2) is 5.13 Å². The van der Waals surface area contributed by atoms with Gasteiger partial charge in [0.25, 0.3) is 0 Å². The summed E-state index contributed by atoms with van der Waals surface area (Å²) >= 11 is 1.68. The Balaban J connectivity index is 1.25. The summed E-state index contributed by atoms with van der Waals surface area (Å²) in [6, 6.07) is 8.47. The van der Waals surface area contributed by atoms with Crippen LogP contribution in [0.25, 0.3) is 5.13 Å². The van der Waals surface area contributed by atoms with E-state index in [1.54, 1.807) is 11.3 Å². The summed E-state index contributed by atoms with van der Waals surface area (Å²) in [6.07, 6.45) is 6.50. The van der Waals surface area contributed by atoms with Crippen LogP contribution in [-0.4, -0.2) is 46.0 Å². The van der Waals surface area contributed by atoms with E-state index in [2.05, 4.69) is 56.9 Å². The molecule has 4 heterocycles. The number of nitrogens with zero attached hydrogens (tertiary/aromatic N) is 4. The Morgan fingerprint density at radius 1 is 1.26 bits per heavy atom. The van der Waals surface area contributed by atoms with Crippen molar-refractivity contribution in [2.24, 2.45) is 5.92 Å². The number of rotatable bonds is 7. The van der Waals surface area contributed by atoms with Crippen molar-refractivity contribution >= 4 is 11.3 Å². The van der Waals surface area contributed by atoms with Crippen molar-refractivity contribution in [2.45, 2.75) is 32.9 Å². The molecule has 6 heteroatoms. The van der Waals surface area contributed by atoms with Crippen LogP contribution in [0.5, 0.6) is 0 Å². The number of thiazole rings is 1. The summed E-state index contributed by atoms with van der Waals surface area (Å²) in [5.41, 5.74) is 1.30. The van der Waals surface area contributed by atoms with E-state index in [-0.39, 0.29) is 0 Å². The summed E-state index contributed by atoms with van der Waals surface area (Å²) in [4.78, 5) is 9.41. The molecular weight excluding hydrogens is 356 g/mol. The number of furan rings is 1. The molecule has 0 saturated carbocycles. The lowest BCUT2D eigenvalue weighted by Crippen LogP contribution is -2.37. The van der Waals surface area contributed by atoms with Gasteiger partial charge in [-0.1, -0.05) is 0 Å². The van der Waals surface area contributed by atoms with Crippen LogP contribution in [0.4, 0.5) is 0 Å². The van der Waals surface area contributed by atoms with Gasteiger partial charge in [0.05, 0.1) is 6.54 Å². The van der Waals surface area contributed by atoms with Gasteiger partial charge in [-0.2, -0.15) is 0 Å². The zero-order valence-corrected chi connectivity index (χ0v) is 17.0. The second-order valence-electron chi connectivity index (χ2n) is 7.61. The van der Waals surface area contributed by atoms with Crippen LogP contribution >= 0.6 is 11.3 Å². The minimum absolute atomic E-state index is 0.771. The van der Waals surface area contributed by atoms with Crippen molar-refractivity contribution in [3.8, 4) is 5.13 Å². The molecule has 1 saturated heterocycles. The minimum Gasteiger partial charge on any atom is -0.465 e. The molecule has 4 rings (SSSR count). The van der Waals surface area contributed by atoms with Crippen LogP contribution in [0.2, 0.25) is 0 Å². The highest BCUT2D eigenvalue weighted by molar-refractivity contribution is 7.12. The number of aryl methyl sites for hydroxylation is 1. The molecule has 0 N–H and O–H groups in total. The first-order valence-corrected chi connectivity index (χ1v) is 10.6. The first-order chi connectivity index (χ1) is 13.2. The number of piperidine rings is 1.